The number of β-amino-alcohol motifs (C(OH)–C–C–N with tert-alkyl or cyclic N) is 2. The first kappa shape index (κ1) is 87.1. The van der Waals surface area contributed by atoms with Gasteiger partial charge in [-0.3, -0.25) is 33.6 Å². The monoisotopic (exact) mass is 1700 g/mol. The number of rotatable bonds is 38. The van der Waals surface area contributed by atoms with Crippen molar-refractivity contribution in [3.8, 4) is 20.9 Å². The van der Waals surface area contributed by atoms with Crippen LogP contribution in [0.2, 0.25) is 0 Å². The zero-order chi connectivity index (χ0) is 80.7. The molecule has 6 amide bonds. The van der Waals surface area contributed by atoms with Gasteiger partial charge in [-0.05, 0) is 128 Å². The molecular weight excluding hydrogens is 1600 g/mol. The van der Waals surface area contributed by atoms with E-state index >= 15 is 0 Å². The number of carbonyl (C=O) groups excluding carboxylic acids is 7. The molecule has 0 spiro atoms. The Morgan fingerprint density at radius 3 is 1.53 bits per heavy atom. The summed E-state index contributed by atoms with van der Waals surface area (Å²) in [6.07, 6.45) is -1.28. The summed E-state index contributed by atoms with van der Waals surface area (Å²) < 4.78 is 71.3. The largest absolute Gasteiger partial charge is 0.391 e. The second kappa shape index (κ2) is 42.3. The molecule has 4 aromatic carbocycles. The number of aliphatic hydroxyl groups excluding tert-OH is 2. The van der Waals surface area contributed by atoms with Gasteiger partial charge in [0.05, 0.1) is 118 Å². The normalized spacial score (nSPS) is 16.5. The van der Waals surface area contributed by atoms with Crippen LogP contribution in [0.4, 0.5) is 24.5 Å². The van der Waals surface area contributed by atoms with Crippen molar-refractivity contribution in [3.63, 3.8) is 0 Å². The van der Waals surface area contributed by atoms with E-state index in [1.54, 1.807) is 54.4 Å². The van der Waals surface area contributed by atoms with Gasteiger partial charge in [0.1, 0.15) is 47.9 Å². The number of nitrogens with zero attached hydrogens (tertiary/aromatic N) is 6. The summed E-state index contributed by atoms with van der Waals surface area (Å²) in [6.45, 7) is 17.9. The minimum Gasteiger partial charge on any atom is -0.391 e. The first-order chi connectivity index (χ1) is 53.7. The number of aryl methyl sites for hydroxylation is 4. The van der Waals surface area contributed by atoms with E-state index in [0.29, 0.717) is 84.5 Å². The highest BCUT2D eigenvalue weighted by Gasteiger charge is 2.46. The molecule has 8 atom stereocenters. The van der Waals surface area contributed by atoms with Crippen LogP contribution in [0.3, 0.4) is 0 Å². The molecule has 2 fully saturated rings. The fraction of sp³-hybridized carbons (Fsp3) is 0.456. The summed E-state index contributed by atoms with van der Waals surface area (Å²) in [5.41, 5.74) is 14.7. The number of nitrogens with one attached hydrogen (secondary N) is 6. The lowest BCUT2D eigenvalue weighted by molar-refractivity contribution is -0.141. The third-order valence-corrected chi connectivity index (χ3v) is 21.5. The Morgan fingerprint density at radius 2 is 1.09 bits per heavy atom. The Morgan fingerprint density at radius 1 is 0.607 bits per heavy atom. The highest BCUT2D eigenvalue weighted by atomic mass is 127. The topological polar surface area (TPSA) is 370 Å². The molecule has 6 heterocycles. The van der Waals surface area contributed by atoms with Gasteiger partial charge in [0.25, 0.3) is 0 Å². The van der Waals surface area contributed by atoms with Crippen LogP contribution in [0.25, 0.3) is 20.9 Å². The fourth-order valence-corrected chi connectivity index (χ4v) is 15.3. The third-order valence-electron chi connectivity index (χ3n) is 18.8. The number of ether oxygens (including phenoxy) is 3. The molecule has 0 bridgehead atoms. The van der Waals surface area contributed by atoms with E-state index in [2.05, 4.69) is 52.2 Å². The summed E-state index contributed by atoms with van der Waals surface area (Å²) in [5.74, 6) is -6.91. The van der Waals surface area contributed by atoms with E-state index in [0.717, 1.165) is 50.0 Å². The summed E-state index contributed by atoms with van der Waals surface area (Å²) >= 11 is 4.97. The van der Waals surface area contributed by atoms with E-state index in [4.69, 9.17) is 29.0 Å². The van der Waals surface area contributed by atoms with Gasteiger partial charge in [-0.15, -0.1) is 22.7 Å². The molecule has 0 radical (unpaired) electrons. The molecule has 2 saturated heterocycles. The number of nitrogens with two attached hydrogens (primary N) is 1. The molecule has 10 rings (SSSR count). The van der Waals surface area contributed by atoms with Crippen molar-refractivity contribution in [2.24, 2.45) is 17.6 Å². The Bertz CT molecular complexity index is 4470. The number of hydrogen-bond donors (Lipinski definition) is 9. The van der Waals surface area contributed by atoms with Gasteiger partial charge in [0.15, 0.2) is 17.4 Å². The van der Waals surface area contributed by atoms with Gasteiger partial charge in [-0.25, -0.2) is 23.1 Å². The highest BCUT2D eigenvalue weighted by Crippen LogP contribution is 2.37. The van der Waals surface area contributed by atoms with Gasteiger partial charge in [0.2, 0.25) is 35.4 Å². The van der Waals surface area contributed by atoms with Crippen molar-refractivity contribution in [2.45, 2.75) is 136 Å². The number of Topliss-reactive ketones (excluding diaryl/α,β-unsaturated/α-hetero) is 1. The first-order valence-corrected chi connectivity index (χ1v) is 39.9. The maximum Gasteiger partial charge on any atom is 0.243 e. The van der Waals surface area contributed by atoms with E-state index in [1.807, 2.05) is 113 Å². The van der Waals surface area contributed by atoms with Crippen LogP contribution in [-0.2, 0) is 43.0 Å². The Kier molecular flexibility index (Phi) is 32.9. The summed E-state index contributed by atoms with van der Waals surface area (Å²) in [4.78, 5) is 108. The number of ketones is 1. The Hall–Kier alpha value is -8.91. The molecule has 602 valence electrons. The molecule has 2 aliphatic rings. The number of aliphatic hydroxyl groups is 2. The standard InChI is InChI=1S/C48H55F3IN7O8S.C31H42N6O6S/c1-27(2)43(41-20-28(3)58-67-41)48(64)59-24-33(60)22-39(59)47(63)57-38(30-6-8-31(9-7-30)46-29(4)55-26-68-46)23-42(62)54-16-19-65-18-15-53-14-5-17-66-25-40(61)34-11-12-35(49)44(51)45(34)56-37-13-10-32(52)21-36(37)50;1-18(2)28(26-13-19(3)36-43-26)31(41)37-16-23(38)14-25(37)30(40)35-24(15-27(39)33-10-12-42-11-9-32)21-5-7-22(8-6-21)29-20(4)34-17-44-29/h6-13,20-21,26-27,33,38-39,43,53,56,60H,5,14-19,22-25H2,1-4H3,(H,54,62)(H,57,63);5-8,13,17-18,23-25,28,38H,9-12,14-16,32H2,1-4H3,(H,33,39)(H,35,40)/t33-,38+,39+,43-;23-,24+,25+,28-/m11/s1. The quantitative estimate of drug-likeness (QED) is 0.00987. The van der Waals surface area contributed by atoms with Gasteiger partial charge in [-0.1, -0.05) is 86.5 Å². The number of likely N-dealkylation sites (tertiary alicyclic amines) is 2. The molecule has 0 unspecified atom stereocenters. The zero-order valence-electron chi connectivity index (χ0n) is 63.7. The minimum absolute atomic E-state index is 0.0180. The van der Waals surface area contributed by atoms with Crippen LogP contribution >= 0.6 is 45.3 Å². The fourth-order valence-electron chi connectivity index (χ4n) is 13.2. The second-order valence-corrected chi connectivity index (χ2v) is 31.1. The molecule has 4 aromatic heterocycles. The molecule has 10 N–H and O–H groups in total. The van der Waals surface area contributed by atoms with Crippen molar-refractivity contribution in [1.82, 2.24) is 56.7 Å². The molecular formula is C79H97F3IN13O14S2. The maximum atomic E-state index is 14.7. The van der Waals surface area contributed by atoms with Crippen molar-refractivity contribution in [1.29, 1.82) is 0 Å². The smallest absolute Gasteiger partial charge is 0.243 e. The number of anilines is 2. The maximum absolute atomic E-state index is 14.7. The SMILES string of the molecule is Cc1cc([C@H](C(=O)N2C[C@H](O)C[C@H]2C(=O)N[C@@H](CC(=O)NCCOCCN)c2ccc(-c3scnc3C)cc2)C(C)C)on1.Cc1cc([C@H](C(=O)N2C[C@H](O)C[C@H]2C(=O)N[C@@H](CC(=O)NCCOCCNCCCOCC(=O)c2ccc(F)c(F)c2Nc2ccc(I)cc2F)c2ccc(-c3scnc3C)cc2)C(C)C)on1. The van der Waals surface area contributed by atoms with Crippen LogP contribution in [-0.4, -0.2) is 191 Å². The molecule has 112 heavy (non-hydrogen) atoms. The van der Waals surface area contributed by atoms with Crippen molar-refractivity contribution < 1.29 is 80.2 Å². The first-order valence-electron chi connectivity index (χ1n) is 37.1. The number of halogens is 4. The molecule has 27 nitrogen and oxygen atoms in total. The predicted octanol–water partition coefficient (Wildman–Crippen LogP) is 9.60. The van der Waals surface area contributed by atoms with E-state index < -0.39 is 95.6 Å². The van der Waals surface area contributed by atoms with Crippen molar-refractivity contribution in [2.75, 3.05) is 90.8 Å². The molecule has 8 aromatic rings. The number of hydrogen-bond acceptors (Lipinski definition) is 23. The number of aromatic nitrogens is 4. The number of carbonyl (C=O) groups is 7. The lowest BCUT2D eigenvalue weighted by Crippen LogP contribution is -2.49. The van der Waals surface area contributed by atoms with Crippen LogP contribution in [0, 0.1) is 60.6 Å². The van der Waals surface area contributed by atoms with Crippen LogP contribution in [0.1, 0.15) is 139 Å². The van der Waals surface area contributed by atoms with Crippen LogP contribution < -0.4 is 37.6 Å². The zero-order valence-corrected chi connectivity index (χ0v) is 67.5. The number of amides is 6. The molecule has 2 aliphatic heterocycles. The van der Waals surface area contributed by atoms with Crippen LogP contribution in [0.5, 0.6) is 0 Å². The minimum atomic E-state index is -1.31. The summed E-state index contributed by atoms with van der Waals surface area (Å²) in [6, 6.07) is 21.4. The van der Waals surface area contributed by atoms with Gasteiger partial charge >= 0.3 is 0 Å². The Labute approximate surface area is 669 Å². The predicted molar refractivity (Wildman–Crippen MR) is 424 cm³/mol. The van der Waals surface area contributed by atoms with E-state index in [-0.39, 0.29) is 105 Å². The van der Waals surface area contributed by atoms with Crippen molar-refractivity contribution >= 4 is 97.9 Å². The third kappa shape index (κ3) is 24.1. The number of thiazole rings is 2. The van der Waals surface area contributed by atoms with Gasteiger partial charge < -0.3 is 80.9 Å². The summed E-state index contributed by atoms with van der Waals surface area (Å²) in [5, 5.41) is 46.5. The average molecular weight is 1700 g/mol. The Balaban J connectivity index is 0.000000282. The molecule has 33 heteroatoms. The molecule has 0 saturated carbocycles. The average Bonchev–Trinajstić information content (AvgIpc) is 1.16. The lowest BCUT2D eigenvalue weighted by Gasteiger charge is -2.30. The molecule has 0 aliphatic carbocycles. The van der Waals surface area contributed by atoms with Gasteiger partial charge in [-0.2, -0.15) is 0 Å². The van der Waals surface area contributed by atoms with Crippen molar-refractivity contribution in [3.05, 3.63) is 174 Å². The second-order valence-electron chi connectivity index (χ2n) is 28.1. The van der Waals surface area contributed by atoms with E-state index in [9.17, 15) is 56.9 Å². The van der Waals surface area contributed by atoms with E-state index in [1.165, 1.54) is 33.3 Å². The highest BCUT2D eigenvalue weighted by molar-refractivity contribution is 14.1. The van der Waals surface area contributed by atoms with Gasteiger partial charge in [0, 0.05) is 80.0 Å². The lowest BCUT2D eigenvalue weighted by atomic mass is 9.91. The number of benzene rings is 4. The summed E-state index contributed by atoms with van der Waals surface area (Å²) in [7, 11) is 0. The van der Waals surface area contributed by atoms with Crippen LogP contribution in [0.15, 0.2) is 111 Å².